The van der Waals surface area contributed by atoms with Crippen LogP contribution in [-0.2, 0) is 11.3 Å². The molecule has 0 spiro atoms. The van der Waals surface area contributed by atoms with Crippen LogP contribution in [0.5, 0.6) is 0 Å². The fourth-order valence-electron chi connectivity index (χ4n) is 1.67. The van der Waals surface area contributed by atoms with E-state index < -0.39 is 6.10 Å². The molecule has 5 heteroatoms. The Kier molecular flexibility index (Phi) is 9.31. The zero-order chi connectivity index (χ0) is 14.8. The average Bonchev–Trinajstić information content (AvgIpc) is 2.45. The van der Waals surface area contributed by atoms with Crippen molar-refractivity contribution >= 4 is 23.4 Å². The van der Waals surface area contributed by atoms with Crippen LogP contribution in [0.1, 0.15) is 19.4 Å². The Balaban J connectivity index is 2.14. The molecule has 0 aliphatic rings. The number of aliphatic hydroxyl groups is 1. The van der Waals surface area contributed by atoms with Gasteiger partial charge >= 0.3 is 0 Å². The smallest absolute Gasteiger partial charge is 0.0897 e. The molecular formula is C15H24ClNO2S. The van der Waals surface area contributed by atoms with Gasteiger partial charge in [0.25, 0.3) is 0 Å². The summed E-state index contributed by atoms with van der Waals surface area (Å²) >= 11 is 7.93. The van der Waals surface area contributed by atoms with Crippen LogP contribution < -0.4 is 5.32 Å². The number of thioether (sulfide) groups is 1. The van der Waals surface area contributed by atoms with Gasteiger partial charge in [-0.15, -0.1) is 0 Å². The third kappa shape index (κ3) is 7.50. The van der Waals surface area contributed by atoms with Crippen LogP contribution in [0.15, 0.2) is 24.3 Å². The molecule has 0 heterocycles. The molecule has 2 atom stereocenters. The number of hydrogen-bond acceptors (Lipinski definition) is 4. The van der Waals surface area contributed by atoms with E-state index in [0.29, 0.717) is 30.8 Å². The summed E-state index contributed by atoms with van der Waals surface area (Å²) in [5.74, 6) is 2.18. The van der Waals surface area contributed by atoms with Gasteiger partial charge in [0.1, 0.15) is 0 Å². The lowest BCUT2D eigenvalue weighted by molar-refractivity contribution is 0.0281. The van der Waals surface area contributed by atoms with Crippen molar-refractivity contribution in [1.82, 2.24) is 5.32 Å². The first-order chi connectivity index (χ1) is 9.63. The molecule has 0 aliphatic carbocycles. The Hall–Kier alpha value is -0.260. The summed E-state index contributed by atoms with van der Waals surface area (Å²) in [4.78, 5) is 0. The van der Waals surface area contributed by atoms with Gasteiger partial charge in [0.05, 0.1) is 19.3 Å². The van der Waals surface area contributed by atoms with Crippen LogP contribution in [0.2, 0.25) is 5.02 Å². The van der Waals surface area contributed by atoms with Crippen LogP contribution in [-0.4, -0.2) is 41.9 Å². The monoisotopic (exact) mass is 317 g/mol. The van der Waals surface area contributed by atoms with E-state index in [2.05, 4.69) is 19.2 Å². The van der Waals surface area contributed by atoms with Crippen LogP contribution in [0, 0.1) is 0 Å². The summed E-state index contributed by atoms with van der Waals surface area (Å²) < 4.78 is 5.50. The summed E-state index contributed by atoms with van der Waals surface area (Å²) in [7, 11) is 0. The van der Waals surface area contributed by atoms with Gasteiger partial charge < -0.3 is 15.2 Å². The normalized spacial score (nSPS) is 14.2. The van der Waals surface area contributed by atoms with Gasteiger partial charge in [0, 0.05) is 23.4 Å². The first kappa shape index (κ1) is 17.8. The van der Waals surface area contributed by atoms with Gasteiger partial charge in [-0.25, -0.2) is 0 Å². The lowest BCUT2D eigenvalue weighted by Crippen LogP contribution is -2.37. The molecule has 0 aromatic heterocycles. The average molecular weight is 318 g/mol. The maximum atomic E-state index is 9.84. The molecule has 20 heavy (non-hydrogen) atoms. The molecule has 0 saturated heterocycles. The minimum Gasteiger partial charge on any atom is -0.389 e. The minimum absolute atomic E-state index is 0.311. The number of aliphatic hydroxyl groups excluding tert-OH is 1. The predicted octanol–water partition coefficient (Wildman–Crippen LogP) is 2.95. The molecule has 2 N–H and O–H groups in total. The highest BCUT2D eigenvalue weighted by molar-refractivity contribution is 7.99. The van der Waals surface area contributed by atoms with E-state index >= 15 is 0 Å². The van der Waals surface area contributed by atoms with E-state index in [1.165, 1.54) is 0 Å². The molecule has 0 radical (unpaired) electrons. The van der Waals surface area contributed by atoms with E-state index in [1.54, 1.807) is 0 Å². The van der Waals surface area contributed by atoms with Crippen molar-refractivity contribution in [3.63, 3.8) is 0 Å². The molecule has 3 nitrogen and oxygen atoms in total. The van der Waals surface area contributed by atoms with Crippen molar-refractivity contribution in [3.05, 3.63) is 34.9 Å². The molecule has 114 valence electrons. The lowest BCUT2D eigenvalue weighted by atomic mass is 10.2. The molecule has 0 bridgehead atoms. The third-order valence-corrected chi connectivity index (χ3v) is 4.31. The molecule has 1 aromatic rings. The predicted molar refractivity (Wildman–Crippen MR) is 87.6 cm³/mol. The zero-order valence-electron chi connectivity index (χ0n) is 12.1. The molecule has 0 saturated carbocycles. The van der Waals surface area contributed by atoms with Gasteiger partial charge in [0.2, 0.25) is 0 Å². The Labute approximate surface area is 131 Å². The van der Waals surface area contributed by atoms with E-state index in [0.717, 1.165) is 17.1 Å². The zero-order valence-corrected chi connectivity index (χ0v) is 13.7. The number of halogens is 1. The molecule has 0 amide bonds. The van der Waals surface area contributed by atoms with Crippen molar-refractivity contribution in [1.29, 1.82) is 0 Å². The highest BCUT2D eigenvalue weighted by Gasteiger charge is 2.08. The largest absolute Gasteiger partial charge is 0.389 e. The number of benzene rings is 1. The second kappa shape index (κ2) is 10.5. The van der Waals surface area contributed by atoms with E-state index in [9.17, 15) is 5.11 Å². The highest BCUT2D eigenvalue weighted by atomic mass is 35.5. The number of nitrogens with one attached hydrogen (secondary N) is 1. The van der Waals surface area contributed by atoms with Gasteiger partial charge in [0.15, 0.2) is 0 Å². The van der Waals surface area contributed by atoms with Crippen LogP contribution in [0.4, 0.5) is 0 Å². The van der Waals surface area contributed by atoms with E-state index in [4.69, 9.17) is 16.3 Å². The van der Waals surface area contributed by atoms with Crippen molar-refractivity contribution in [2.24, 2.45) is 0 Å². The molecule has 1 rings (SSSR count). The highest BCUT2D eigenvalue weighted by Crippen LogP contribution is 2.15. The minimum atomic E-state index is -0.494. The van der Waals surface area contributed by atoms with Gasteiger partial charge in [-0.3, -0.25) is 0 Å². The van der Waals surface area contributed by atoms with Gasteiger partial charge in [-0.1, -0.05) is 36.7 Å². The number of rotatable bonds is 10. The topological polar surface area (TPSA) is 41.5 Å². The fraction of sp³-hybridized carbons (Fsp3) is 0.600. The lowest BCUT2D eigenvalue weighted by Gasteiger charge is -2.17. The summed E-state index contributed by atoms with van der Waals surface area (Å²) in [6.45, 7) is 5.56. The maximum Gasteiger partial charge on any atom is 0.0897 e. The number of ether oxygens (including phenoxy) is 1. The van der Waals surface area contributed by atoms with Crippen LogP contribution in [0.3, 0.4) is 0 Å². The standard InChI is InChI=1S/C15H24ClNO2S/c1-3-20-11-12(2)17-8-14(18)10-19-9-13-6-4-5-7-15(13)16/h4-7,12,14,17-18H,3,8-11H2,1-2H3. The molecule has 0 fully saturated rings. The van der Waals surface area contributed by atoms with Crippen molar-refractivity contribution in [2.75, 3.05) is 24.7 Å². The summed E-state index contributed by atoms with van der Waals surface area (Å²) in [5, 5.41) is 13.8. The Bertz CT molecular complexity index is 379. The third-order valence-electron chi connectivity index (χ3n) is 2.80. The first-order valence-electron chi connectivity index (χ1n) is 6.93. The Morgan fingerprint density at radius 3 is 2.85 bits per heavy atom. The van der Waals surface area contributed by atoms with Crippen LogP contribution in [0.25, 0.3) is 0 Å². The maximum absolute atomic E-state index is 9.84. The molecule has 2 unspecified atom stereocenters. The van der Waals surface area contributed by atoms with Gasteiger partial charge in [-0.05, 0) is 24.3 Å². The Morgan fingerprint density at radius 1 is 1.40 bits per heavy atom. The fourth-order valence-corrected chi connectivity index (χ4v) is 2.57. The summed E-state index contributed by atoms with van der Waals surface area (Å²) in [5.41, 5.74) is 0.946. The molecular weight excluding hydrogens is 294 g/mol. The first-order valence-corrected chi connectivity index (χ1v) is 8.47. The molecule has 0 aliphatic heterocycles. The quantitative estimate of drug-likeness (QED) is 0.696. The van der Waals surface area contributed by atoms with Crippen molar-refractivity contribution < 1.29 is 9.84 Å². The van der Waals surface area contributed by atoms with Crippen LogP contribution >= 0.6 is 23.4 Å². The summed E-state index contributed by atoms with van der Waals surface area (Å²) in [6, 6.07) is 7.98. The second-order valence-electron chi connectivity index (χ2n) is 4.73. The van der Waals surface area contributed by atoms with Crippen molar-refractivity contribution in [2.45, 2.75) is 32.6 Å². The van der Waals surface area contributed by atoms with Gasteiger partial charge in [-0.2, -0.15) is 11.8 Å². The Morgan fingerprint density at radius 2 is 2.15 bits per heavy atom. The second-order valence-corrected chi connectivity index (χ2v) is 6.46. The van der Waals surface area contributed by atoms with Crippen molar-refractivity contribution in [3.8, 4) is 0 Å². The molecule has 1 aromatic carbocycles. The SMILES string of the molecule is CCSCC(C)NCC(O)COCc1ccccc1Cl. The van der Waals surface area contributed by atoms with E-state index in [-0.39, 0.29) is 0 Å². The summed E-state index contributed by atoms with van der Waals surface area (Å²) in [6.07, 6.45) is -0.494. The van der Waals surface area contributed by atoms with E-state index in [1.807, 2.05) is 36.0 Å². The number of hydrogen-bond donors (Lipinski definition) is 2.